The van der Waals surface area contributed by atoms with Gasteiger partial charge in [0.25, 0.3) is 0 Å². The van der Waals surface area contributed by atoms with Crippen molar-refractivity contribution in [2.75, 3.05) is 13.1 Å². The van der Waals surface area contributed by atoms with Crippen LogP contribution in [0.25, 0.3) is 0 Å². The first-order valence-corrected chi connectivity index (χ1v) is 8.97. The minimum absolute atomic E-state index is 0.0359. The molecule has 3 rings (SSSR count). The van der Waals surface area contributed by atoms with Gasteiger partial charge in [-0.2, -0.15) is 0 Å². The number of carbonyl (C=O) groups is 1. The summed E-state index contributed by atoms with van der Waals surface area (Å²) in [6, 6.07) is 9.61. The molecular formula is C19H29NO4. The van der Waals surface area contributed by atoms with Crippen LogP contribution >= 0.6 is 0 Å². The fraction of sp³-hybridized carbons (Fsp3) is 0.632. The van der Waals surface area contributed by atoms with E-state index in [9.17, 15) is 9.90 Å². The third-order valence-electron chi connectivity index (χ3n) is 4.50. The molecule has 24 heavy (non-hydrogen) atoms. The van der Waals surface area contributed by atoms with Gasteiger partial charge in [-0.1, -0.05) is 49.6 Å². The number of rotatable bonds is 2. The number of aliphatic hydroxyl groups is 2. The Labute approximate surface area is 144 Å². The van der Waals surface area contributed by atoms with Crippen LogP contribution in [0.15, 0.2) is 30.3 Å². The number of aliphatic hydroxyl groups excluding tert-OH is 2. The van der Waals surface area contributed by atoms with Crippen LogP contribution in [0.1, 0.15) is 50.5 Å². The van der Waals surface area contributed by atoms with Gasteiger partial charge in [-0.15, -0.1) is 0 Å². The van der Waals surface area contributed by atoms with Gasteiger partial charge >= 0.3 is 6.09 Å². The van der Waals surface area contributed by atoms with E-state index in [4.69, 9.17) is 9.84 Å². The van der Waals surface area contributed by atoms with Crippen LogP contribution in [0.4, 0.5) is 4.79 Å². The molecule has 0 unspecified atom stereocenters. The lowest BCUT2D eigenvalue weighted by molar-refractivity contribution is 0.0560. The van der Waals surface area contributed by atoms with Crippen LogP contribution in [-0.4, -0.2) is 46.5 Å². The van der Waals surface area contributed by atoms with Crippen molar-refractivity contribution in [1.82, 2.24) is 4.90 Å². The molecule has 0 spiro atoms. The lowest BCUT2D eigenvalue weighted by Crippen LogP contribution is -2.40. The van der Waals surface area contributed by atoms with Crippen molar-refractivity contribution >= 4 is 6.09 Å². The maximum absolute atomic E-state index is 11.7. The summed E-state index contributed by atoms with van der Waals surface area (Å²) >= 11 is 0. The lowest BCUT2D eigenvalue weighted by Gasteiger charge is -2.28. The monoisotopic (exact) mass is 335 g/mol. The highest BCUT2D eigenvalue weighted by molar-refractivity contribution is 5.67. The van der Waals surface area contributed by atoms with Crippen LogP contribution in [0.2, 0.25) is 0 Å². The molecule has 134 valence electrons. The minimum Gasteiger partial charge on any atom is -0.445 e. The summed E-state index contributed by atoms with van der Waals surface area (Å²) in [4.78, 5) is 13.3. The highest BCUT2D eigenvalue weighted by Crippen LogP contribution is 2.16. The normalized spacial score (nSPS) is 19.3. The van der Waals surface area contributed by atoms with Gasteiger partial charge in [0.15, 0.2) is 0 Å². The number of likely N-dealkylation sites (tertiary alicyclic amines) is 1. The Bertz CT molecular complexity index is 466. The Morgan fingerprint density at radius 1 is 0.958 bits per heavy atom. The molecule has 1 aliphatic heterocycles. The number of hydrogen-bond donors (Lipinski definition) is 2. The lowest BCUT2D eigenvalue weighted by atomic mass is 9.98. The molecule has 5 heteroatoms. The predicted octanol–water partition coefficient (Wildman–Crippen LogP) is 3.09. The summed E-state index contributed by atoms with van der Waals surface area (Å²) < 4.78 is 5.21. The van der Waals surface area contributed by atoms with Crippen molar-refractivity contribution in [3.05, 3.63) is 35.9 Å². The van der Waals surface area contributed by atoms with Gasteiger partial charge in [-0.05, 0) is 31.2 Å². The number of ether oxygens (including phenoxy) is 1. The zero-order valence-electron chi connectivity index (χ0n) is 14.3. The fourth-order valence-electron chi connectivity index (χ4n) is 2.94. The van der Waals surface area contributed by atoms with E-state index < -0.39 is 0 Å². The molecule has 0 aromatic heterocycles. The van der Waals surface area contributed by atoms with E-state index >= 15 is 0 Å². The molecule has 0 atom stereocenters. The Balaban J connectivity index is 0.000000249. The van der Waals surface area contributed by atoms with E-state index in [-0.39, 0.29) is 18.3 Å². The standard InChI is InChI=1S/C13H17NO3.C6H12O/c15-12-6-8-14(9-7-12)13(16)17-10-11-4-2-1-3-5-11;7-6-4-2-1-3-5-6/h1-5,12,15H,6-10H2;6-7H,1-5H2. The second kappa shape index (κ2) is 10.3. The third kappa shape index (κ3) is 6.89. The highest BCUT2D eigenvalue weighted by Gasteiger charge is 2.22. The molecule has 1 amide bonds. The second-order valence-corrected chi connectivity index (χ2v) is 6.55. The van der Waals surface area contributed by atoms with Crippen LogP contribution in [0, 0.1) is 0 Å². The van der Waals surface area contributed by atoms with Crippen LogP contribution in [0.3, 0.4) is 0 Å². The molecule has 0 radical (unpaired) electrons. The van der Waals surface area contributed by atoms with Crippen molar-refractivity contribution in [2.24, 2.45) is 0 Å². The van der Waals surface area contributed by atoms with Crippen molar-refractivity contribution in [1.29, 1.82) is 0 Å². The summed E-state index contributed by atoms with van der Waals surface area (Å²) in [7, 11) is 0. The number of piperidine rings is 1. The van der Waals surface area contributed by atoms with Crippen LogP contribution < -0.4 is 0 Å². The number of nitrogens with zero attached hydrogens (tertiary/aromatic N) is 1. The quantitative estimate of drug-likeness (QED) is 0.871. The van der Waals surface area contributed by atoms with Crippen molar-refractivity contribution in [3.8, 4) is 0 Å². The average Bonchev–Trinajstić information content (AvgIpc) is 2.62. The largest absolute Gasteiger partial charge is 0.445 e. The second-order valence-electron chi connectivity index (χ2n) is 6.55. The maximum Gasteiger partial charge on any atom is 0.410 e. The molecule has 1 saturated heterocycles. The van der Waals surface area contributed by atoms with E-state index in [2.05, 4.69) is 0 Å². The van der Waals surface area contributed by atoms with Crippen molar-refractivity contribution < 1.29 is 19.7 Å². The summed E-state index contributed by atoms with van der Waals surface area (Å²) in [6.07, 6.45) is 6.64. The zero-order valence-corrected chi connectivity index (χ0v) is 14.3. The minimum atomic E-state index is -0.291. The molecule has 1 aliphatic carbocycles. The van der Waals surface area contributed by atoms with Gasteiger partial charge in [-0.3, -0.25) is 0 Å². The fourth-order valence-corrected chi connectivity index (χ4v) is 2.94. The summed E-state index contributed by atoms with van der Waals surface area (Å²) in [6.45, 7) is 1.46. The smallest absolute Gasteiger partial charge is 0.410 e. The maximum atomic E-state index is 11.7. The summed E-state index contributed by atoms with van der Waals surface area (Å²) in [5.41, 5.74) is 0.984. The first-order chi connectivity index (χ1) is 11.6. The molecule has 2 fully saturated rings. The molecule has 1 heterocycles. The Hall–Kier alpha value is -1.59. The Kier molecular flexibility index (Phi) is 8.05. The van der Waals surface area contributed by atoms with Gasteiger partial charge in [0.2, 0.25) is 0 Å². The van der Waals surface area contributed by atoms with Crippen LogP contribution in [-0.2, 0) is 11.3 Å². The zero-order chi connectivity index (χ0) is 17.2. The van der Waals surface area contributed by atoms with Crippen molar-refractivity contribution in [3.63, 3.8) is 0 Å². The molecular weight excluding hydrogens is 306 g/mol. The predicted molar refractivity (Wildman–Crippen MR) is 92.5 cm³/mol. The number of hydrogen-bond acceptors (Lipinski definition) is 4. The summed E-state index contributed by atoms with van der Waals surface area (Å²) in [5.74, 6) is 0. The summed E-state index contributed by atoms with van der Waals surface area (Å²) in [5, 5.41) is 18.2. The molecule has 1 aromatic carbocycles. The van der Waals surface area contributed by atoms with E-state index in [1.54, 1.807) is 4.90 Å². The first kappa shape index (κ1) is 18.7. The molecule has 0 bridgehead atoms. The van der Waals surface area contributed by atoms with E-state index in [0.29, 0.717) is 32.5 Å². The van der Waals surface area contributed by atoms with Crippen LogP contribution in [0.5, 0.6) is 0 Å². The van der Waals surface area contributed by atoms with Gasteiger partial charge in [0, 0.05) is 13.1 Å². The molecule has 2 N–H and O–H groups in total. The van der Waals surface area contributed by atoms with Gasteiger partial charge in [-0.25, -0.2) is 4.79 Å². The molecule has 2 aliphatic rings. The molecule has 1 aromatic rings. The van der Waals surface area contributed by atoms with E-state index in [0.717, 1.165) is 18.4 Å². The number of benzene rings is 1. The van der Waals surface area contributed by atoms with Crippen molar-refractivity contribution in [2.45, 2.75) is 63.8 Å². The third-order valence-corrected chi connectivity index (χ3v) is 4.50. The number of amides is 1. The highest BCUT2D eigenvalue weighted by atomic mass is 16.6. The van der Waals surface area contributed by atoms with E-state index in [1.165, 1.54) is 19.3 Å². The molecule has 5 nitrogen and oxygen atoms in total. The Morgan fingerprint density at radius 3 is 2.08 bits per heavy atom. The van der Waals surface area contributed by atoms with Gasteiger partial charge in [0.1, 0.15) is 6.61 Å². The van der Waals surface area contributed by atoms with Gasteiger partial charge < -0.3 is 19.8 Å². The Morgan fingerprint density at radius 2 is 1.54 bits per heavy atom. The SMILES string of the molecule is O=C(OCc1ccccc1)N1CCC(O)CC1.OC1CCCCC1. The average molecular weight is 335 g/mol. The first-order valence-electron chi connectivity index (χ1n) is 8.97. The number of carbonyl (C=O) groups excluding carboxylic acids is 1. The molecule has 1 saturated carbocycles. The van der Waals surface area contributed by atoms with E-state index in [1.807, 2.05) is 30.3 Å². The van der Waals surface area contributed by atoms with Gasteiger partial charge in [0.05, 0.1) is 12.2 Å². The topological polar surface area (TPSA) is 70.0 Å².